The zero-order valence-corrected chi connectivity index (χ0v) is 10.7. The molecule has 1 amide bonds. The van der Waals surface area contributed by atoms with Gasteiger partial charge in [-0.25, -0.2) is 0 Å². The zero-order chi connectivity index (χ0) is 12.5. The molecule has 1 aromatic rings. The van der Waals surface area contributed by atoms with Crippen LogP contribution in [0, 0.1) is 17.8 Å². The van der Waals surface area contributed by atoms with Gasteiger partial charge >= 0.3 is 0 Å². The van der Waals surface area contributed by atoms with E-state index < -0.39 is 0 Å². The molecule has 2 aliphatic carbocycles. The van der Waals surface area contributed by atoms with E-state index in [1.165, 1.54) is 12.0 Å². The summed E-state index contributed by atoms with van der Waals surface area (Å²) in [6.07, 6.45) is 7.65. The van der Waals surface area contributed by atoms with Gasteiger partial charge in [0, 0.05) is 11.6 Å². The summed E-state index contributed by atoms with van der Waals surface area (Å²) in [6, 6.07) is 8.08. The second-order valence-corrected chi connectivity index (χ2v) is 5.39. The highest BCUT2D eigenvalue weighted by Gasteiger charge is 2.39. The third kappa shape index (κ3) is 1.96. The van der Waals surface area contributed by atoms with Crippen LogP contribution in [-0.4, -0.2) is 5.91 Å². The number of amides is 1. The van der Waals surface area contributed by atoms with E-state index in [0.29, 0.717) is 11.8 Å². The van der Waals surface area contributed by atoms with Crippen LogP contribution in [0.2, 0.25) is 0 Å². The molecule has 0 unspecified atom stereocenters. The lowest BCUT2D eigenvalue weighted by atomic mass is 9.92. The summed E-state index contributed by atoms with van der Waals surface area (Å²) >= 11 is 0. The Bertz CT molecular complexity index is 492. The fourth-order valence-corrected chi connectivity index (χ4v) is 3.26. The molecule has 1 fully saturated rings. The molecule has 1 N–H and O–H groups in total. The predicted octanol–water partition coefficient (Wildman–Crippen LogP) is 3.40. The second kappa shape index (κ2) is 4.60. The highest BCUT2D eigenvalue weighted by atomic mass is 16.1. The van der Waals surface area contributed by atoms with Crippen LogP contribution < -0.4 is 5.32 Å². The number of carbonyl (C=O) groups is 1. The smallest absolute Gasteiger partial charge is 0.228 e. The first-order chi connectivity index (χ1) is 8.78. The highest BCUT2D eigenvalue weighted by Crippen LogP contribution is 2.43. The fourth-order valence-electron chi connectivity index (χ4n) is 3.26. The lowest BCUT2D eigenvalue weighted by Crippen LogP contribution is -2.26. The first-order valence-corrected chi connectivity index (χ1v) is 6.85. The zero-order valence-electron chi connectivity index (χ0n) is 10.7. The number of fused-ring (bicyclic) bond motifs is 2. The molecule has 0 spiro atoms. The van der Waals surface area contributed by atoms with Crippen molar-refractivity contribution in [3.63, 3.8) is 0 Å². The summed E-state index contributed by atoms with van der Waals surface area (Å²) in [6.45, 7) is 2.12. The van der Waals surface area contributed by atoms with Crippen LogP contribution in [-0.2, 0) is 11.2 Å². The first kappa shape index (κ1) is 11.5. The van der Waals surface area contributed by atoms with E-state index in [0.717, 1.165) is 18.5 Å². The molecule has 2 bridgehead atoms. The Morgan fingerprint density at radius 2 is 2.11 bits per heavy atom. The Balaban J connectivity index is 1.73. The highest BCUT2D eigenvalue weighted by molar-refractivity contribution is 5.94. The number of anilines is 1. The summed E-state index contributed by atoms with van der Waals surface area (Å²) < 4.78 is 0. The van der Waals surface area contributed by atoms with Gasteiger partial charge in [0.15, 0.2) is 0 Å². The van der Waals surface area contributed by atoms with Crippen molar-refractivity contribution in [1.29, 1.82) is 0 Å². The minimum Gasteiger partial charge on any atom is -0.326 e. The Morgan fingerprint density at radius 1 is 1.28 bits per heavy atom. The summed E-state index contributed by atoms with van der Waals surface area (Å²) in [5.41, 5.74) is 2.20. The van der Waals surface area contributed by atoms with Crippen molar-refractivity contribution in [3.8, 4) is 0 Å². The molecule has 2 nitrogen and oxygen atoms in total. The Morgan fingerprint density at radius 3 is 2.78 bits per heavy atom. The van der Waals surface area contributed by atoms with Crippen LogP contribution in [0.4, 0.5) is 5.69 Å². The molecule has 1 aromatic carbocycles. The van der Waals surface area contributed by atoms with Gasteiger partial charge in [-0.3, -0.25) is 4.79 Å². The quantitative estimate of drug-likeness (QED) is 0.807. The number of allylic oxidation sites excluding steroid dienone is 2. The third-order valence-electron chi connectivity index (χ3n) is 4.27. The van der Waals surface area contributed by atoms with Gasteiger partial charge in [-0.1, -0.05) is 37.3 Å². The Hall–Kier alpha value is -1.57. The average Bonchev–Trinajstić information content (AvgIpc) is 3.01. The summed E-state index contributed by atoms with van der Waals surface area (Å²) in [5, 5.41) is 3.12. The van der Waals surface area contributed by atoms with E-state index in [1.54, 1.807) is 0 Å². The standard InChI is InChI=1S/C16H19NO/c1-2-12-5-3-4-6-15(12)17-16(18)14-10-11-7-8-13(14)9-11/h3-8,11,13-14H,2,9-10H2,1H3,(H,17,18)/t11-,13+,14+/m1/s1. The molecule has 0 aliphatic heterocycles. The van der Waals surface area contributed by atoms with Crippen molar-refractivity contribution in [1.82, 2.24) is 0 Å². The van der Waals surface area contributed by atoms with Crippen molar-refractivity contribution in [2.45, 2.75) is 26.2 Å². The molecule has 18 heavy (non-hydrogen) atoms. The molecule has 0 radical (unpaired) electrons. The first-order valence-electron chi connectivity index (χ1n) is 6.85. The molecule has 94 valence electrons. The Kier molecular flexibility index (Phi) is 2.94. The van der Waals surface area contributed by atoms with E-state index in [4.69, 9.17) is 0 Å². The van der Waals surface area contributed by atoms with E-state index in [9.17, 15) is 4.79 Å². The molecular weight excluding hydrogens is 222 g/mol. The van der Waals surface area contributed by atoms with Gasteiger partial charge in [-0.15, -0.1) is 0 Å². The topological polar surface area (TPSA) is 29.1 Å². The van der Waals surface area contributed by atoms with E-state index in [-0.39, 0.29) is 11.8 Å². The SMILES string of the molecule is CCc1ccccc1NC(=O)[C@H]1C[C@@H]2C=C[C@H]1C2. The molecule has 0 aromatic heterocycles. The monoisotopic (exact) mass is 241 g/mol. The van der Waals surface area contributed by atoms with Crippen molar-refractivity contribution < 1.29 is 4.79 Å². The Labute approximate surface area is 108 Å². The van der Waals surface area contributed by atoms with E-state index in [1.807, 2.05) is 18.2 Å². The lowest BCUT2D eigenvalue weighted by molar-refractivity contribution is -0.120. The largest absolute Gasteiger partial charge is 0.326 e. The number of carbonyl (C=O) groups excluding carboxylic acids is 1. The summed E-state index contributed by atoms with van der Waals surface area (Å²) in [7, 11) is 0. The maximum absolute atomic E-state index is 12.3. The number of aryl methyl sites for hydroxylation is 1. The van der Waals surface area contributed by atoms with Crippen LogP contribution >= 0.6 is 0 Å². The molecule has 2 aliphatic rings. The van der Waals surface area contributed by atoms with Crippen molar-refractivity contribution >= 4 is 11.6 Å². The molecular formula is C16H19NO. The number of hydrogen-bond acceptors (Lipinski definition) is 1. The summed E-state index contributed by atoms with van der Waals surface area (Å²) in [5.74, 6) is 1.51. The van der Waals surface area contributed by atoms with E-state index >= 15 is 0 Å². The van der Waals surface area contributed by atoms with Gasteiger partial charge < -0.3 is 5.32 Å². The maximum atomic E-state index is 12.3. The number of nitrogens with one attached hydrogen (secondary N) is 1. The number of benzene rings is 1. The number of hydrogen-bond donors (Lipinski definition) is 1. The lowest BCUT2D eigenvalue weighted by Gasteiger charge is -2.18. The minimum atomic E-state index is 0.185. The number of rotatable bonds is 3. The molecule has 2 heteroatoms. The second-order valence-electron chi connectivity index (χ2n) is 5.39. The predicted molar refractivity (Wildman–Crippen MR) is 73.3 cm³/mol. The minimum absolute atomic E-state index is 0.185. The van der Waals surface area contributed by atoms with Crippen LogP contribution in [0.5, 0.6) is 0 Å². The number of para-hydroxylation sites is 1. The van der Waals surface area contributed by atoms with Gasteiger partial charge in [0.1, 0.15) is 0 Å². The average molecular weight is 241 g/mol. The normalized spacial score (nSPS) is 28.6. The van der Waals surface area contributed by atoms with Crippen LogP contribution in [0.1, 0.15) is 25.3 Å². The van der Waals surface area contributed by atoms with Gasteiger partial charge in [0.25, 0.3) is 0 Å². The van der Waals surface area contributed by atoms with Crippen molar-refractivity contribution in [3.05, 3.63) is 42.0 Å². The van der Waals surface area contributed by atoms with Crippen LogP contribution in [0.3, 0.4) is 0 Å². The van der Waals surface area contributed by atoms with Crippen LogP contribution in [0.15, 0.2) is 36.4 Å². The molecule has 0 saturated heterocycles. The maximum Gasteiger partial charge on any atom is 0.228 e. The molecule has 0 heterocycles. The van der Waals surface area contributed by atoms with Crippen molar-refractivity contribution in [2.75, 3.05) is 5.32 Å². The fraction of sp³-hybridized carbons (Fsp3) is 0.438. The molecule has 1 saturated carbocycles. The van der Waals surface area contributed by atoms with Gasteiger partial charge in [0.05, 0.1) is 0 Å². The van der Waals surface area contributed by atoms with Gasteiger partial charge in [-0.2, -0.15) is 0 Å². The molecule has 3 rings (SSSR count). The third-order valence-corrected chi connectivity index (χ3v) is 4.27. The van der Waals surface area contributed by atoms with Gasteiger partial charge in [0.2, 0.25) is 5.91 Å². The summed E-state index contributed by atoms with van der Waals surface area (Å²) in [4.78, 5) is 12.3. The van der Waals surface area contributed by atoms with Crippen molar-refractivity contribution in [2.24, 2.45) is 17.8 Å². The van der Waals surface area contributed by atoms with E-state index in [2.05, 4.69) is 30.5 Å². The van der Waals surface area contributed by atoms with Crippen LogP contribution in [0.25, 0.3) is 0 Å². The van der Waals surface area contributed by atoms with Gasteiger partial charge in [-0.05, 0) is 42.7 Å². The molecule has 3 atom stereocenters.